The second kappa shape index (κ2) is 10.7. The zero-order valence-electron chi connectivity index (χ0n) is 19.0. The molecule has 0 saturated carbocycles. The SMILES string of the molecule is COC(=O)CC[C@H](NC(c1ccccc1)(c1ccccc1)c1ccccc1)C(=O)n1ccnc1. The highest BCUT2D eigenvalue weighted by Gasteiger charge is 2.40. The number of rotatable bonds is 9. The van der Waals surface area contributed by atoms with Crippen LogP contribution in [-0.2, 0) is 15.1 Å². The van der Waals surface area contributed by atoms with Gasteiger partial charge < -0.3 is 4.74 Å². The minimum atomic E-state index is -0.846. The minimum absolute atomic E-state index is 0.100. The van der Waals surface area contributed by atoms with E-state index in [4.69, 9.17) is 4.74 Å². The Balaban J connectivity index is 1.89. The van der Waals surface area contributed by atoms with Gasteiger partial charge in [-0.15, -0.1) is 0 Å². The number of ether oxygens (including phenoxy) is 1. The molecule has 0 spiro atoms. The van der Waals surface area contributed by atoms with E-state index in [2.05, 4.69) is 10.3 Å². The maximum atomic E-state index is 13.6. The van der Waals surface area contributed by atoms with Crippen LogP contribution in [0.4, 0.5) is 0 Å². The number of carbonyl (C=O) groups is 2. The first-order valence-electron chi connectivity index (χ1n) is 11.2. The molecule has 34 heavy (non-hydrogen) atoms. The lowest BCUT2D eigenvalue weighted by Gasteiger charge is -2.39. The van der Waals surface area contributed by atoms with Crippen molar-refractivity contribution >= 4 is 11.9 Å². The molecular formula is C28H27N3O3. The molecule has 0 aliphatic heterocycles. The van der Waals surface area contributed by atoms with Gasteiger partial charge in [-0.2, -0.15) is 0 Å². The summed E-state index contributed by atoms with van der Waals surface area (Å²) < 4.78 is 6.30. The Hall–Kier alpha value is -4.03. The predicted molar refractivity (Wildman–Crippen MR) is 130 cm³/mol. The molecule has 6 heteroatoms. The normalized spacial score (nSPS) is 12.1. The molecular weight excluding hydrogens is 426 g/mol. The van der Waals surface area contributed by atoms with Crippen molar-refractivity contribution in [3.8, 4) is 0 Å². The summed E-state index contributed by atoms with van der Waals surface area (Å²) in [6.45, 7) is 0. The van der Waals surface area contributed by atoms with Gasteiger partial charge in [0.05, 0.1) is 18.7 Å². The van der Waals surface area contributed by atoms with Crippen LogP contribution in [0.25, 0.3) is 0 Å². The van der Waals surface area contributed by atoms with Crippen molar-refractivity contribution in [2.75, 3.05) is 7.11 Å². The Morgan fingerprint density at radius 3 is 1.79 bits per heavy atom. The summed E-state index contributed by atoms with van der Waals surface area (Å²) in [6, 6.07) is 29.4. The maximum Gasteiger partial charge on any atom is 0.305 e. The summed E-state index contributed by atoms with van der Waals surface area (Å²) in [5.74, 6) is -0.566. The van der Waals surface area contributed by atoms with Crippen molar-refractivity contribution in [1.82, 2.24) is 14.9 Å². The number of carbonyl (C=O) groups excluding carboxylic acids is 2. The van der Waals surface area contributed by atoms with Crippen LogP contribution < -0.4 is 5.32 Å². The van der Waals surface area contributed by atoms with Crippen molar-refractivity contribution in [3.63, 3.8) is 0 Å². The monoisotopic (exact) mass is 453 g/mol. The Labute approximate surface area is 199 Å². The van der Waals surface area contributed by atoms with Crippen LogP contribution in [0.5, 0.6) is 0 Å². The molecule has 6 nitrogen and oxygen atoms in total. The van der Waals surface area contributed by atoms with Crippen LogP contribution in [0.15, 0.2) is 110 Å². The summed E-state index contributed by atoms with van der Waals surface area (Å²) in [4.78, 5) is 29.6. The molecule has 1 atom stereocenters. The van der Waals surface area contributed by atoms with Gasteiger partial charge in [0.1, 0.15) is 6.33 Å². The Bertz CT molecular complexity index is 1100. The molecule has 4 aromatic rings. The molecule has 0 bridgehead atoms. The smallest absolute Gasteiger partial charge is 0.305 e. The van der Waals surface area contributed by atoms with E-state index in [-0.39, 0.29) is 24.7 Å². The molecule has 0 unspecified atom stereocenters. The van der Waals surface area contributed by atoms with E-state index >= 15 is 0 Å². The molecule has 4 rings (SSSR count). The lowest BCUT2D eigenvalue weighted by molar-refractivity contribution is -0.140. The number of nitrogens with one attached hydrogen (secondary N) is 1. The van der Waals surface area contributed by atoms with Crippen LogP contribution in [0.2, 0.25) is 0 Å². The van der Waals surface area contributed by atoms with Crippen LogP contribution in [-0.4, -0.2) is 34.6 Å². The lowest BCUT2D eigenvalue weighted by atomic mass is 9.76. The Morgan fingerprint density at radius 1 is 0.882 bits per heavy atom. The van der Waals surface area contributed by atoms with E-state index in [9.17, 15) is 9.59 Å². The highest BCUT2D eigenvalue weighted by Crippen LogP contribution is 2.37. The average molecular weight is 454 g/mol. The maximum absolute atomic E-state index is 13.6. The predicted octanol–water partition coefficient (Wildman–Crippen LogP) is 4.43. The number of benzene rings is 3. The van der Waals surface area contributed by atoms with Gasteiger partial charge in [0.15, 0.2) is 0 Å². The number of nitrogens with zero attached hydrogens (tertiary/aromatic N) is 2. The van der Waals surface area contributed by atoms with Gasteiger partial charge in [0, 0.05) is 18.8 Å². The second-order valence-electron chi connectivity index (χ2n) is 7.97. The summed E-state index contributed by atoms with van der Waals surface area (Å²) in [7, 11) is 1.35. The zero-order valence-corrected chi connectivity index (χ0v) is 19.0. The minimum Gasteiger partial charge on any atom is -0.469 e. The standard InChI is InChI=1S/C28H27N3O3/c1-34-26(32)18-17-25(27(33)31-20-19-29-21-31)30-28(22-11-5-2-6-12-22,23-13-7-3-8-14-23)24-15-9-4-10-16-24/h2-16,19-21,25,30H,17-18H2,1H3/t25-/m0/s1. The third kappa shape index (κ3) is 4.82. The topological polar surface area (TPSA) is 73.2 Å². The number of aromatic nitrogens is 2. The third-order valence-electron chi connectivity index (χ3n) is 5.93. The van der Waals surface area contributed by atoms with Crippen LogP contribution in [0.3, 0.4) is 0 Å². The molecule has 1 heterocycles. The van der Waals surface area contributed by atoms with E-state index in [1.807, 2.05) is 91.0 Å². The summed E-state index contributed by atoms with van der Waals surface area (Å²) in [5.41, 5.74) is 2.09. The highest BCUT2D eigenvalue weighted by molar-refractivity contribution is 5.85. The summed E-state index contributed by atoms with van der Waals surface area (Å²) in [6.07, 6.45) is 5.02. The van der Waals surface area contributed by atoms with Crippen LogP contribution in [0, 0.1) is 0 Å². The Kier molecular flexibility index (Phi) is 7.30. The second-order valence-corrected chi connectivity index (χ2v) is 7.97. The van der Waals surface area contributed by atoms with Crippen LogP contribution in [0.1, 0.15) is 34.3 Å². The van der Waals surface area contributed by atoms with Crippen molar-refractivity contribution in [3.05, 3.63) is 126 Å². The summed E-state index contributed by atoms with van der Waals surface area (Å²) >= 11 is 0. The fourth-order valence-corrected chi connectivity index (χ4v) is 4.27. The van der Waals surface area contributed by atoms with Crippen molar-refractivity contribution in [2.24, 2.45) is 0 Å². The number of methoxy groups -OCH3 is 1. The van der Waals surface area contributed by atoms with E-state index in [1.165, 1.54) is 18.0 Å². The van der Waals surface area contributed by atoms with Gasteiger partial charge in [-0.1, -0.05) is 91.0 Å². The molecule has 1 aromatic heterocycles. The lowest BCUT2D eigenvalue weighted by Crippen LogP contribution is -2.53. The molecule has 0 radical (unpaired) electrons. The fourth-order valence-electron chi connectivity index (χ4n) is 4.27. The van der Waals surface area contributed by atoms with E-state index in [0.717, 1.165) is 16.7 Å². The van der Waals surface area contributed by atoms with Gasteiger partial charge in [-0.25, -0.2) is 4.98 Å². The molecule has 0 fully saturated rings. The van der Waals surface area contributed by atoms with Crippen molar-refractivity contribution in [2.45, 2.75) is 24.4 Å². The average Bonchev–Trinajstić information content (AvgIpc) is 3.45. The third-order valence-corrected chi connectivity index (χ3v) is 5.93. The molecule has 172 valence electrons. The van der Waals surface area contributed by atoms with Gasteiger partial charge in [-0.3, -0.25) is 19.5 Å². The first-order chi connectivity index (χ1) is 16.6. The molecule has 0 aliphatic carbocycles. The molecule has 0 aliphatic rings. The zero-order chi connectivity index (χ0) is 23.8. The molecule has 1 N–H and O–H groups in total. The molecule has 3 aromatic carbocycles. The van der Waals surface area contributed by atoms with Gasteiger partial charge in [-0.05, 0) is 23.1 Å². The quantitative estimate of drug-likeness (QED) is 0.300. The number of hydrogen-bond acceptors (Lipinski definition) is 5. The van der Waals surface area contributed by atoms with Crippen LogP contribution >= 0.6 is 0 Å². The van der Waals surface area contributed by atoms with Crippen molar-refractivity contribution < 1.29 is 14.3 Å². The number of imidazole rings is 1. The highest BCUT2D eigenvalue weighted by atomic mass is 16.5. The molecule has 0 amide bonds. The van der Waals surface area contributed by atoms with Gasteiger partial charge >= 0.3 is 5.97 Å². The largest absolute Gasteiger partial charge is 0.469 e. The van der Waals surface area contributed by atoms with Gasteiger partial charge in [0.2, 0.25) is 5.91 Å². The first-order valence-corrected chi connectivity index (χ1v) is 11.2. The van der Waals surface area contributed by atoms with E-state index < -0.39 is 11.6 Å². The fraction of sp³-hybridized carbons (Fsp3) is 0.179. The Morgan fingerprint density at radius 2 is 1.38 bits per heavy atom. The van der Waals surface area contributed by atoms with E-state index in [1.54, 1.807) is 12.4 Å². The number of hydrogen-bond donors (Lipinski definition) is 1. The summed E-state index contributed by atoms with van der Waals surface area (Å²) in [5, 5.41) is 3.68. The van der Waals surface area contributed by atoms with E-state index in [0.29, 0.717) is 0 Å². The molecule has 0 saturated heterocycles. The van der Waals surface area contributed by atoms with Gasteiger partial charge in [0.25, 0.3) is 0 Å². The number of esters is 1. The van der Waals surface area contributed by atoms with Crippen molar-refractivity contribution in [1.29, 1.82) is 0 Å². The first kappa shape index (κ1) is 23.1.